The normalized spacial score (nSPS) is 21.6. The quantitative estimate of drug-likeness (QED) is 0.738. The van der Waals surface area contributed by atoms with Crippen molar-refractivity contribution in [2.45, 2.75) is 44.9 Å². The van der Waals surface area contributed by atoms with Gasteiger partial charge in [0.05, 0.1) is 0 Å². The highest BCUT2D eigenvalue weighted by atomic mass is 35.5. The second kappa shape index (κ2) is 8.53. The van der Waals surface area contributed by atoms with Gasteiger partial charge in [-0.15, -0.1) is 0 Å². The lowest BCUT2D eigenvalue weighted by molar-refractivity contribution is -0.127. The highest BCUT2D eigenvalue weighted by Gasteiger charge is 2.28. The molecule has 0 radical (unpaired) electrons. The first-order chi connectivity index (χ1) is 12.1. The molecule has 0 aromatic heterocycles. The first-order valence-electron chi connectivity index (χ1n) is 9.24. The van der Waals surface area contributed by atoms with Crippen LogP contribution in [0, 0.1) is 11.8 Å². The molecule has 0 saturated heterocycles. The Bertz CT molecular complexity index is 710. The molecule has 25 heavy (non-hydrogen) atoms. The topological polar surface area (TPSA) is 43.1 Å². The van der Waals surface area contributed by atoms with Crippen molar-refractivity contribution in [2.75, 3.05) is 5.73 Å². The molecule has 1 fully saturated rings. The van der Waals surface area contributed by atoms with E-state index in [0.29, 0.717) is 5.78 Å². The maximum atomic E-state index is 13.2. The van der Waals surface area contributed by atoms with Crippen LogP contribution in [-0.4, -0.2) is 5.78 Å². The van der Waals surface area contributed by atoms with Crippen LogP contribution in [0.2, 0.25) is 5.02 Å². The Morgan fingerprint density at radius 2 is 1.52 bits per heavy atom. The number of Topliss-reactive ketones (excluding diaryl/α,β-unsaturated/α-hetero) is 1. The molecule has 2 unspecified atom stereocenters. The number of nitrogen functional groups attached to an aromatic ring is 1. The Kier molecular flexibility index (Phi) is 6.14. The monoisotopic (exact) mass is 355 g/mol. The molecule has 1 saturated carbocycles. The number of hydrogen-bond acceptors (Lipinski definition) is 2. The maximum absolute atomic E-state index is 13.2. The van der Waals surface area contributed by atoms with Crippen LogP contribution >= 0.6 is 11.6 Å². The summed E-state index contributed by atoms with van der Waals surface area (Å²) < 4.78 is 0. The van der Waals surface area contributed by atoms with Crippen LogP contribution in [0.5, 0.6) is 0 Å². The number of hydrogen-bond donors (Lipinski definition) is 1. The van der Waals surface area contributed by atoms with Crippen molar-refractivity contribution in [3.8, 4) is 0 Å². The number of ketones is 1. The molecule has 0 bridgehead atoms. The van der Waals surface area contributed by atoms with Crippen molar-refractivity contribution >= 4 is 23.1 Å². The molecular weight excluding hydrogens is 330 g/mol. The van der Waals surface area contributed by atoms with Crippen LogP contribution in [-0.2, 0) is 17.6 Å². The summed E-state index contributed by atoms with van der Waals surface area (Å²) in [6.07, 6.45) is 7.13. The fourth-order valence-corrected chi connectivity index (χ4v) is 4.08. The van der Waals surface area contributed by atoms with Gasteiger partial charge in [-0.25, -0.2) is 0 Å². The van der Waals surface area contributed by atoms with Crippen molar-refractivity contribution in [1.82, 2.24) is 0 Å². The molecule has 2 nitrogen and oxygen atoms in total. The van der Waals surface area contributed by atoms with Gasteiger partial charge in [-0.3, -0.25) is 4.79 Å². The molecule has 0 aliphatic heterocycles. The lowest BCUT2D eigenvalue weighted by Gasteiger charge is -2.25. The highest BCUT2D eigenvalue weighted by molar-refractivity contribution is 6.30. The summed E-state index contributed by atoms with van der Waals surface area (Å²) in [6.45, 7) is 0. The second-order valence-corrected chi connectivity index (χ2v) is 7.65. The third-order valence-corrected chi connectivity index (χ3v) is 5.48. The van der Waals surface area contributed by atoms with Gasteiger partial charge in [-0.05, 0) is 61.1 Å². The van der Waals surface area contributed by atoms with Crippen LogP contribution in [0.15, 0.2) is 48.5 Å². The molecule has 1 aliphatic carbocycles. The number of rotatable bonds is 4. The van der Waals surface area contributed by atoms with E-state index in [9.17, 15) is 4.79 Å². The minimum Gasteiger partial charge on any atom is -0.399 e. The summed E-state index contributed by atoms with van der Waals surface area (Å²) >= 11 is 6.11. The van der Waals surface area contributed by atoms with Crippen LogP contribution < -0.4 is 5.73 Å². The summed E-state index contributed by atoms with van der Waals surface area (Å²) in [4.78, 5) is 13.2. The van der Waals surface area contributed by atoms with E-state index in [1.165, 1.54) is 12.0 Å². The van der Waals surface area contributed by atoms with E-state index in [4.69, 9.17) is 17.3 Å². The van der Waals surface area contributed by atoms with E-state index in [1.807, 2.05) is 42.5 Å². The van der Waals surface area contributed by atoms with Crippen molar-refractivity contribution in [2.24, 2.45) is 11.8 Å². The van der Waals surface area contributed by atoms with Gasteiger partial charge in [0.1, 0.15) is 5.78 Å². The fourth-order valence-electron chi connectivity index (χ4n) is 3.87. The van der Waals surface area contributed by atoms with E-state index in [2.05, 4.69) is 6.07 Å². The number of carbonyl (C=O) groups excluding carboxylic acids is 1. The van der Waals surface area contributed by atoms with E-state index < -0.39 is 0 Å². The summed E-state index contributed by atoms with van der Waals surface area (Å²) in [7, 11) is 0. The second-order valence-electron chi connectivity index (χ2n) is 7.21. The highest BCUT2D eigenvalue weighted by Crippen LogP contribution is 2.29. The van der Waals surface area contributed by atoms with Crippen molar-refractivity contribution in [3.63, 3.8) is 0 Å². The molecule has 1 aliphatic rings. The van der Waals surface area contributed by atoms with E-state index in [-0.39, 0.29) is 11.8 Å². The molecule has 0 spiro atoms. The molecule has 2 aromatic rings. The Morgan fingerprint density at radius 1 is 0.880 bits per heavy atom. The van der Waals surface area contributed by atoms with Crippen LogP contribution in [0.3, 0.4) is 0 Å². The molecule has 3 rings (SSSR count). The molecule has 2 atom stereocenters. The standard InChI is InChI=1S/C22H26ClNO/c23-20-8-4-5-17(15-20)14-19-7-3-1-2-6-18(22(19)25)13-16-9-11-21(24)12-10-16/h4-5,8-12,15,18-19H,1-3,6-7,13-14,24H2. The van der Waals surface area contributed by atoms with Gasteiger partial charge in [0, 0.05) is 22.5 Å². The largest absolute Gasteiger partial charge is 0.399 e. The van der Waals surface area contributed by atoms with E-state index in [1.54, 1.807) is 0 Å². The van der Waals surface area contributed by atoms with E-state index >= 15 is 0 Å². The van der Waals surface area contributed by atoms with Crippen molar-refractivity contribution < 1.29 is 4.79 Å². The number of carbonyl (C=O) groups is 1. The van der Waals surface area contributed by atoms with Crippen LogP contribution in [0.4, 0.5) is 5.69 Å². The summed E-state index contributed by atoms with van der Waals surface area (Å²) in [5, 5.41) is 0.745. The Balaban J connectivity index is 1.73. The third kappa shape index (κ3) is 5.09. The zero-order chi connectivity index (χ0) is 17.6. The molecule has 0 amide bonds. The van der Waals surface area contributed by atoms with Crippen LogP contribution in [0.25, 0.3) is 0 Å². The molecule has 3 heteroatoms. The minimum absolute atomic E-state index is 0.109. The Labute approximate surface area is 155 Å². The smallest absolute Gasteiger partial charge is 0.139 e. The number of benzene rings is 2. The first kappa shape index (κ1) is 18.0. The average Bonchev–Trinajstić information content (AvgIpc) is 2.59. The zero-order valence-electron chi connectivity index (χ0n) is 14.6. The first-order valence-corrected chi connectivity index (χ1v) is 9.62. The minimum atomic E-state index is 0.109. The van der Waals surface area contributed by atoms with Gasteiger partial charge in [0.2, 0.25) is 0 Å². The predicted molar refractivity (Wildman–Crippen MR) is 105 cm³/mol. The SMILES string of the molecule is Nc1ccc(CC2CCCCCC(Cc3cccc(Cl)c3)C2=O)cc1. The Morgan fingerprint density at radius 3 is 2.16 bits per heavy atom. The lowest BCUT2D eigenvalue weighted by Crippen LogP contribution is -2.28. The van der Waals surface area contributed by atoms with Gasteiger partial charge in [0.15, 0.2) is 0 Å². The maximum Gasteiger partial charge on any atom is 0.139 e. The zero-order valence-corrected chi connectivity index (χ0v) is 15.3. The molecule has 132 valence electrons. The van der Waals surface area contributed by atoms with Gasteiger partial charge < -0.3 is 5.73 Å². The van der Waals surface area contributed by atoms with Gasteiger partial charge in [-0.1, -0.05) is 55.1 Å². The number of halogens is 1. The Hall–Kier alpha value is -1.80. The average molecular weight is 356 g/mol. The molecular formula is C22H26ClNO. The predicted octanol–water partition coefficient (Wildman–Crippen LogP) is 5.47. The summed E-state index contributed by atoms with van der Waals surface area (Å²) in [5.41, 5.74) is 8.91. The fraction of sp³-hybridized carbons (Fsp3) is 0.409. The number of anilines is 1. The van der Waals surface area contributed by atoms with Gasteiger partial charge >= 0.3 is 0 Å². The number of nitrogens with two attached hydrogens (primary N) is 1. The summed E-state index contributed by atoms with van der Waals surface area (Å²) in [6, 6.07) is 15.9. The third-order valence-electron chi connectivity index (χ3n) is 5.24. The lowest BCUT2D eigenvalue weighted by atomic mass is 9.78. The van der Waals surface area contributed by atoms with Gasteiger partial charge in [-0.2, -0.15) is 0 Å². The van der Waals surface area contributed by atoms with Crippen molar-refractivity contribution in [3.05, 3.63) is 64.7 Å². The van der Waals surface area contributed by atoms with Crippen molar-refractivity contribution in [1.29, 1.82) is 0 Å². The van der Waals surface area contributed by atoms with E-state index in [0.717, 1.165) is 54.8 Å². The molecule has 2 aromatic carbocycles. The molecule has 0 heterocycles. The van der Waals surface area contributed by atoms with Crippen LogP contribution in [0.1, 0.15) is 43.2 Å². The summed E-state index contributed by atoms with van der Waals surface area (Å²) in [5.74, 6) is 0.655. The van der Waals surface area contributed by atoms with Gasteiger partial charge in [0.25, 0.3) is 0 Å². The molecule has 2 N–H and O–H groups in total.